The maximum absolute atomic E-state index is 13.1. The molecule has 0 aromatic carbocycles. The van der Waals surface area contributed by atoms with Crippen molar-refractivity contribution in [1.82, 2.24) is 0 Å². The number of carboxylic acid groups (broad SMARTS) is 1. The normalized spacial score (nSPS) is 18.2. The molecule has 1 heterocycles. The van der Waals surface area contributed by atoms with Gasteiger partial charge in [0.25, 0.3) is 0 Å². The minimum absolute atomic E-state index is 0.0590. The fourth-order valence-corrected chi connectivity index (χ4v) is 9.64. The lowest BCUT2D eigenvalue weighted by Crippen LogP contribution is -2.61. The molecule has 1 aliphatic heterocycles. The van der Waals surface area contributed by atoms with Crippen molar-refractivity contribution in [3.05, 3.63) is 24.3 Å². The van der Waals surface area contributed by atoms with Crippen LogP contribution in [0.4, 0.5) is 0 Å². The van der Waals surface area contributed by atoms with Crippen molar-refractivity contribution < 1.29 is 58.2 Å². The summed E-state index contributed by atoms with van der Waals surface area (Å²) in [5.41, 5.74) is 0. The maximum atomic E-state index is 13.1. The molecule has 6 unspecified atom stereocenters. The minimum Gasteiger partial charge on any atom is -0.479 e. The van der Waals surface area contributed by atoms with Gasteiger partial charge in [0.2, 0.25) is 0 Å². The molecule has 0 saturated carbocycles. The highest BCUT2D eigenvalue weighted by Gasteiger charge is 2.50. The highest BCUT2D eigenvalue weighted by molar-refractivity contribution is 5.74. The molecular weight excluding hydrogens is 949 g/mol. The molecule has 0 spiro atoms. The lowest BCUT2D eigenvalue weighted by atomic mass is 9.98. The predicted octanol–water partition coefficient (Wildman–Crippen LogP) is 16.2. The fourth-order valence-electron chi connectivity index (χ4n) is 9.64. The number of esters is 3. The number of carbonyl (C=O) groups is 4. The average Bonchev–Trinajstić information content (AvgIpc) is 3.39. The van der Waals surface area contributed by atoms with Crippen molar-refractivity contribution in [2.24, 2.45) is 0 Å². The van der Waals surface area contributed by atoms with Crippen molar-refractivity contribution >= 4 is 23.9 Å². The van der Waals surface area contributed by atoms with E-state index in [1.165, 1.54) is 154 Å². The Bertz CT molecular complexity index is 1400. The van der Waals surface area contributed by atoms with E-state index in [-0.39, 0.29) is 25.9 Å². The number of allylic oxidation sites excluding steroid dienone is 4. The Kier molecular flexibility index (Phi) is 48.6. The quantitative estimate of drug-likeness (QED) is 0.0228. The van der Waals surface area contributed by atoms with E-state index in [0.29, 0.717) is 19.3 Å². The Balaban J connectivity index is 2.63. The van der Waals surface area contributed by atoms with Gasteiger partial charge in [0.15, 0.2) is 24.6 Å². The summed E-state index contributed by atoms with van der Waals surface area (Å²) in [5.74, 6) is -3.10. The van der Waals surface area contributed by atoms with E-state index in [1.807, 2.05) is 0 Å². The molecule has 3 N–H and O–H groups in total. The highest BCUT2D eigenvalue weighted by atomic mass is 16.7. The number of carboxylic acids is 1. The van der Waals surface area contributed by atoms with Gasteiger partial charge in [-0.15, -0.1) is 0 Å². The van der Waals surface area contributed by atoms with E-state index in [0.717, 1.165) is 89.9 Å². The SMILES string of the molecule is CCCC/C=C\CCCCCCCC(=O)OC(COC(=O)CCCCCCCCCCCCCCCCCCC)COC1OC(C(=O)O)C(O)C(O)C1OC(=O)CCCCCCCCC/C=C\CCCCCCCC. The smallest absolute Gasteiger partial charge is 0.335 e. The van der Waals surface area contributed by atoms with Gasteiger partial charge in [-0.3, -0.25) is 14.4 Å². The highest BCUT2D eigenvalue weighted by Crippen LogP contribution is 2.27. The molecule has 12 heteroatoms. The standard InChI is InChI=1S/C63H114O12/c1-4-7-10-13-16-19-22-24-26-28-30-32-35-37-40-43-46-49-55(64)71-52-54(73-56(65)50-47-44-41-38-34-21-18-15-12-9-6-3)53-72-63-61(59(68)58(67)60(75-63)62(69)70)74-57(66)51-48-45-42-39-36-33-31-29-27-25-23-20-17-14-11-8-5-2/h15,18,25,27,54,58-61,63,67-68H,4-14,16-17,19-24,26,28-53H2,1-3H3,(H,69,70)/b18-15-,27-25-. The van der Waals surface area contributed by atoms with Crippen molar-refractivity contribution in [2.45, 2.75) is 340 Å². The number of ether oxygens (including phenoxy) is 5. The molecule has 1 aliphatic rings. The zero-order valence-electron chi connectivity index (χ0n) is 48.3. The summed E-state index contributed by atoms with van der Waals surface area (Å²) in [4.78, 5) is 51.1. The number of unbranched alkanes of at least 4 members (excludes halogenated alkanes) is 36. The lowest BCUT2D eigenvalue weighted by Gasteiger charge is -2.40. The van der Waals surface area contributed by atoms with Crippen LogP contribution < -0.4 is 0 Å². The predicted molar refractivity (Wildman–Crippen MR) is 303 cm³/mol. The van der Waals surface area contributed by atoms with Crippen LogP contribution in [0.3, 0.4) is 0 Å². The fraction of sp³-hybridized carbons (Fsp3) is 0.873. The summed E-state index contributed by atoms with van der Waals surface area (Å²) >= 11 is 0. The second-order valence-electron chi connectivity index (χ2n) is 21.7. The topological polar surface area (TPSA) is 175 Å². The van der Waals surface area contributed by atoms with Crippen LogP contribution in [0.15, 0.2) is 24.3 Å². The Morgan fingerprint density at radius 3 is 1.17 bits per heavy atom. The Labute approximate surface area is 458 Å². The van der Waals surface area contributed by atoms with Gasteiger partial charge < -0.3 is 39.0 Å². The number of aliphatic carboxylic acids is 1. The Morgan fingerprint density at radius 2 is 0.773 bits per heavy atom. The summed E-state index contributed by atoms with van der Waals surface area (Å²) in [5, 5.41) is 31.5. The summed E-state index contributed by atoms with van der Waals surface area (Å²) in [7, 11) is 0. The van der Waals surface area contributed by atoms with Gasteiger partial charge in [-0.1, -0.05) is 244 Å². The van der Waals surface area contributed by atoms with Crippen molar-refractivity contribution in [3.8, 4) is 0 Å². The third-order valence-electron chi connectivity index (χ3n) is 14.5. The summed E-state index contributed by atoms with van der Waals surface area (Å²) in [6.45, 7) is 5.98. The minimum atomic E-state index is -1.90. The summed E-state index contributed by atoms with van der Waals surface area (Å²) in [6.07, 6.45) is 47.2. The van der Waals surface area contributed by atoms with Crippen molar-refractivity contribution in [3.63, 3.8) is 0 Å². The molecule has 6 atom stereocenters. The monoisotopic (exact) mass is 1060 g/mol. The van der Waals surface area contributed by atoms with Gasteiger partial charge >= 0.3 is 23.9 Å². The van der Waals surface area contributed by atoms with E-state index in [9.17, 15) is 34.5 Å². The third-order valence-corrected chi connectivity index (χ3v) is 14.5. The van der Waals surface area contributed by atoms with Crippen LogP contribution in [0.5, 0.6) is 0 Å². The summed E-state index contributed by atoms with van der Waals surface area (Å²) < 4.78 is 28.5. The van der Waals surface area contributed by atoms with E-state index < -0.39 is 67.3 Å². The van der Waals surface area contributed by atoms with Gasteiger partial charge in [-0.25, -0.2) is 4.79 Å². The molecule has 0 aliphatic carbocycles. The van der Waals surface area contributed by atoms with Crippen molar-refractivity contribution in [2.75, 3.05) is 13.2 Å². The molecule has 0 aromatic rings. The van der Waals surface area contributed by atoms with E-state index in [2.05, 4.69) is 45.1 Å². The number of hydrogen-bond acceptors (Lipinski definition) is 11. The molecule has 1 rings (SSSR count). The van der Waals surface area contributed by atoms with Crippen LogP contribution in [-0.2, 0) is 42.9 Å². The Morgan fingerprint density at radius 1 is 0.427 bits per heavy atom. The molecule has 0 amide bonds. The van der Waals surface area contributed by atoms with E-state index in [4.69, 9.17) is 23.7 Å². The van der Waals surface area contributed by atoms with Crippen LogP contribution >= 0.6 is 0 Å². The van der Waals surface area contributed by atoms with Gasteiger partial charge in [-0.2, -0.15) is 0 Å². The van der Waals surface area contributed by atoms with Crippen LogP contribution in [0.2, 0.25) is 0 Å². The first kappa shape index (κ1) is 70.2. The molecule has 438 valence electrons. The van der Waals surface area contributed by atoms with Crippen LogP contribution in [0.25, 0.3) is 0 Å². The second-order valence-corrected chi connectivity index (χ2v) is 21.7. The second kappa shape index (κ2) is 51.9. The van der Waals surface area contributed by atoms with E-state index >= 15 is 0 Å². The maximum Gasteiger partial charge on any atom is 0.335 e. The average molecular weight is 1060 g/mol. The van der Waals surface area contributed by atoms with Gasteiger partial charge in [0.1, 0.15) is 18.8 Å². The van der Waals surface area contributed by atoms with Crippen LogP contribution in [0, 0.1) is 0 Å². The largest absolute Gasteiger partial charge is 0.479 e. The number of hydrogen-bond donors (Lipinski definition) is 3. The lowest BCUT2D eigenvalue weighted by molar-refractivity contribution is -0.301. The molecule has 12 nitrogen and oxygen atoms in total. The molecule has 0 aromatic heterocycles. The van der Waals surface area contributed by atoms with Gasteiger partial charge in [0.05, 0.1) is 6.61 Å². The molecule has 1 fully saturated rings. The van der Waals surface area contributed by atoms with Gasteiger partial charge in [0, 0.05) is 19.3 Å². The first-order valence-corrected chi connectivity index (χ1v) is 31.3. The third kappa shape index (κ3) is 41.9. The first-order chi connectivity index (χ1) is 36.6. The van der Waals surface area contributed by atoms with E-state index in [1.54, 1.807) is 0 Å². The van der Waals surface area contributed by atoms with Crippen molar-refractivity contribution in [1.29, 1.82) is 0 Å². The van der Waals surface area contributed by atoms with Crippen LogP contribution in [-0.4, -0.2) is 89.2 Å². The number of aliphatic hydroxyl groups excluding tert-OH is 2. The molecule has 1 saturated heterocycles. The molecule has 0 radical (unpaired) electrons. The molecule has 0 bridgehead atoms. The molecule has 75 heavy (non-hydrogen) atoms. The molecular formula is C63H114O12. The van der Waals surface area contributed by atoms with Gasteiger partial charge in [-0.05, 0) is 64.2 Å². The number of aliphatic hydroxyl groups is 2. The zero-order chi connectivity index (χ0) is 54.7. The number of rotatable bonds is 54. The number of carbonyl (C=O) groups excluding carboxylic acids is 3. The van der Waals surface area contributed by atoms with Crippen LogP contribution in [0.1, 0.15) is 303 Å². The zero-order valence-corrected chi connectivity index (χ0v) is 48.3. The summed E-state index contributed by atoms with van der Waals surface area (Å²) in [6, 6.07) is 0. The Hall–Kier alpha value is -2.80. The first-order valence-electron chi connectivity index (χ1n) is 31.3.